The molecule has 0 N–H and O–H groups in total. The molecule has 0 aliphatic heterocycles. The minimum Gasteiger partial charge on any atom is -0.338 e. The van der Waals surface area contributed by atoms with Gasteiger partial charge in [-0.05, 0) is 41.1 Å². The van der Waals surface area contributed by atoms with Crippen LogP contribution in [0.3, 0.4) is 0 Å². The molecule has 1 aromatic rings. The molecule has 17 heavy (non-hydrogen) atoms. The molecule has 1 atom stereocenters. The second-order valence-corrected chi connectivity index (χ2v) is 5.02. The zero-order chi connectivity index (χ0) is 13.0. The minimum atomic E-state index is -0.137. The van der Waals surface area contributed by atoms with Gasteiger partial charge in [-0.1, -0.05) is 11.6 Å². The van der Waals surface area contributed by atoms with Crippen molar-refractivity contribution in [1.82, 2.24) is 4.90 Å². The molecular weight excluding hydrogens is 304 g/mol. The third kappa shape index (κ3) is 3.45. The van der Waals surface area contributed by atoms with Gasteiger partial charge in [0.15, 0.2) is 0 Å². The number of nitrogens with zero attached hydrogens (tertiary/aromatic N) is 2. The summed E-state index contributed by atoms with van der Waals surface area (Å²) in [5.74, 6) is -0.137. The molecule has 0 saturated carbocycles. The Morgan fingerprint density at radius 2 is 2.29 bits per heavy atom. The van der Waals surface area contributed by atoms with Crippen molar-refractivity contribution >= 4 is 33.4 Å². The summed E-state index contributed by atoms with van der Waals surface area (Å²) in [6.07, 6.45) is 0.312. The van der Waals surface area contributed by atoms with Gasteiger partial charge >= 0.3 is 0 Å². The van der Waals surface area contributed by atoms with Gasteiger partial charge < -0.3 is 4.90 Å². The number of halogens is 2. The largest absolute Gasteiger partial charge is 0.338 e. The molecule has 0 fully saturated rings. The van der Waals surface area contributed by atoms with Gasteiger partial charge in [0.2, 0.25) is 0 Å². The third-order valence-corrected chi connectivity index (χ3v) is 3.77. The quantitative estimate of drug-likeness (QED) is 0.857. The number of hydrogen-bond acceptors (Lipinski definition) is 2. The van der Waals surface area contributed by atoms with Crippen LogP contribution in [-0.2, 0) is 0 Å². The number of rotatable bonds is 3. The molecule has 0 aliphatic rings. The molecule has 1 amide bonds. The van der Waals surface area contributed by atoms with Gasteiger partial charge in [0.05, 0.1) is 17.5 Å². The molecule has 1 aromatic carbocycles. The SMILES string of the molecule is CC(CC#N)N(C)C(=O)c1ccc(Br)c(Cl)c1. The van der Waals surface area contributed by atoms with Crippen LogP contribution in [0.2, 0.25) is 5.02 Å². The standard InChI is InChI=1S/C12H12BrClN2O/c1-8(5-6-15)16(2)12(17)9-3-4-10(13)11(14)7-9/h3-4,7-8H,5H2,1-2H3. The Kier molecular flexibility index (Phi) is 4.98. The Balaban J connectivity index is 2.89. The summed E-state index contributed by atoms with van der Waals surface area (Å²) in [7, 11) is 1.68. The fourth-order valence-electron chi connectivity index (χ4n) is 1.30. The fraction of sp³-hybridized carbons (Fsp3) is 0.333. The molecule has 5 heteroatoms. The number of carbonyl (C=O) groups excluding carboxylic acids is 1. The van der Waals surface area contributed by atoms with E-state index in [0.717, 1.165) is 4.47 Å². The topological polar surface area (TPSA) is 44.1 Å². The van der Waals surface area contributed by atoms with E-state index in [1.807, 2.05) is 13.0 Å². The van der Waals surface area contributed by atoms with Crippen LogP contribution in [0.15, 0.2) is 22.7 Å². The average molecular weight is 316 g/mol. The predicted octanol–water partition coefficient (Wildman–Crippen LogP) is 3.48. The number of hydrogen-bond donors (Lipinski definition) is 0. The van der Waals surface area contributed by atoms with Gasteiger partial charge in [-0.3, -0.25) is 4.79 Å². The molecule has 1 rings (SSSR count). The summed E-state index contributed by atoms with van der Waals surface area (Å²) >= 11 is 9.20. The number of benzene rings is 1. The normalized spacial score (nSPS) is 11.7. The maximum Gasteiger partial charge on any atom is 0.253 e. The highest BCUT2D eigenvalue weighted by atomic mass is 79.9. The van der Waals surface area contributed by atoms with Crippen molar-refractivity contribution in [2.45, 2.75) is 19.4 Å². The second kappa shape index (κ2) is 6.04. The third-order valence-electron chi connectivity index (χ3n) is 2.53. The Bertz CT molecular complexity index is 470. The van der Waals surface area contributed by atoms with Crippen LogP contribution in [0, 0.1) is 11.3 Å². The highest BCUT2D eigenvalue weighted by Gasteiger charge is 2.17. The van der Waals surface area contributed by atoms with Crippen LogP contribution in [0.4, 0.5) is 0 Å². The van der Waals surface area contributed by atoms with Gasteiger partial charge in [-0.25, -0.2) is 0 Å². The molecule has 0 saturated heterocycles. The van der Waals surface area contributed by atoms with E-state index in [1.165, 1.54) is 0 Å². The summed E-state index contributed by atoms with van der Waals surface area (Å²) in [5, 5.41) is 9.10. The monoisotopic (exact) mass is 314 g/mol. The van der Waals surface area contributed by atoms with Crippen molar-refractivity contribution in [2.24, 2.45) is 0 Å². The van der Waals surface area contributed by atoms with Gasteiger partial charge in [-0.2, -0.15) is 5.26 Å². The summed E-state index contributed by atoms with van der Waals surface area (Å²) in [4.78, 5) is 13.6. The first-order valence-electron chi connectivity index (χ1n) is 5.06. The lowest BCUT2D eigenvalue weighted by atomic mass is 10.1. The Morgan fingerprint density at radius 3 is 2.82 bits per heavy atom. The van der Waals surface area contributed by atoms with Gasteiger partial charge in [-0.15, -0.1) is 0 Å². The fourth-order valence-corrected chi connectivity index (χ4v) is 1.73. The van der Waals surface area contributed by atoms with E-state index in [0.29, 0.717) is 17.0 Å². The number of amides is 1. The average Bonchev–Trinajstić information content (AvgIpc) is 2.31. The second-order valence-electron chi connectivity index (χ2n) is 3.76. The van der Waals surface area contributed by atoms with Crippen LogP contribution < -0.4 is 0 Å². The van der Waals surface area contributed by atoms with Crippen LogP contribution in [-0.4, -0.2) is 23.9 Å². The lowest BCUT2D eigenvalue weighted by molar-refractivity contribution is 0.0746. The van der Waals surface area contributed by atoms with Crippen LogP contribution in [0.25, 0.3) is 0 Å². The molecule has 0 heterocycles. The van der Waals surface area contributed by atoms with Crippen molar-refractivity contribution in [1.29, 1.82) is 5.26 Å². The van der Waals surface area contributed by atoms with E-state index < -0.39 is 0 Å². The molecule has 0 aliphatic carbocycles. The lowest BCUT2D eigenvalue weighted by Crippen LogP contribution is -2.34. The highest BCUT2D eigenvalue weighted by molar-refractivity contribution is 9.10. The summed E-state index contributed by atoms with van der Waals surface area (Å²) < 4.78 is 0.753. The van der Waals surface area contributed by atoms with E-state index in [2.05, 4.69) is 15.9 Å². The lowest BCUT2D eigenvalue weighted by Gasteiger charge is -2.23. The van der Waals surface area contributed by atoms with Gasteiger partial charge in [0.25, 0.3) is 5.91 Å². The number of carbonyl (C=O) groups is 1. The van der Waals surface area contributed by atoms with E-state index in [4.69, 9.17) is 16.9 Å². The summed E-state index contributed by atoms with van der Waals surface area (Å²) in [5.41, 5.74) is 0.519. The Morgan fingerprint density at radius 1 is 1.65 bits per heavy atom. The van der Waals surface area contributed by atoms with Crippen LogP contribution in [0.1, 0.15) is 23.7 Å². The van der Waals surface area contributed by atoms with Crippen molar-refractivity contribution in [3.63, 3.8) is 0 Å². The van der Waals surface area contributed by atoms with Crippen molar-refractivity contribution in [3.05, 3.63) is 33.3 Å². The van der Waals surface area contributed by atoms with Gasteiger partial charge in [0, 0.05) is 23.1 Å². The zero-order valence-electron chi connectivity index (χ0n) is 9.58. The molecule has 90 valence electrons. The van der Waals surface area contributed by atoms with E-state index in [9.17, 15) is 4.79 Å². The minimum absolute atomic E-state index is 0.116. The van der Waals surface area contributed by atoms with Gasteiger partial charge in [0.1, 0.15) is 0 Å². The van der Waals surface area contributed by atoms with E-state index in [1.54, 1.807) is 30.1 Å². The highest BCUT2D eigenvalue weighted by Crippen LogP contribution is 2.24. The molecule has 0 aromatic heterocycles. The van der Waals surface area contributed by atoms with E-state index in [-0.39, 0.29) is 11.9 Å². The number of nitriles is 1. The molecule has 0 bridgehead atoms. The smallest absolute Gasteiger partial charge is 0.253 e. The predicted molar refractivity (Wildman–Crippen MR) is 70.9 cm³/mol. The summed E-state index contributed by atoms with van der Waals surface area (Å²) in [6, 6.07) is 6.98. The maximum absolute atomic E-state index is 12.1. The molecular formula is C12H12BrClN2O. The molecule has 0 radical (unpaired) electrons. The zero-order valence-corrected chi connectivity index (χ0v) is 11.9. The van der Waals surface area contributed by atoms with Crippen molar-refractivity contribution < 1.29 is 4.79 Å². The van der Waals surface area contributed by atoms with Crippen LogP contribution in [0.5, 0.6) is 0 Å². The molecule has 3 nitrogen and oxygen atoms in total. The van der Waals surface area contributed by atoms with Crippen molar-refractivity contribution in [2.75, 3.05) is 7.05 Å². The van der Waals surface area contributed by atoms with Crippen LogP contribution >= 0.6 is 27.5 Å². The first-order chi connectivity index (χ1) is 7.97. The molecule has 0 spiro atoms. The summed E-state index contributed by atoms with van der Waals surface area (Å²) in [6.45, 7) is 1.83. The molecule has 1 unspecified atom stereocenters. The first kappa shape index (κ1) is 14.0. The van der Waals surface area contributed by atoms with Crippen molar-refractivity contribution in [3.8, 4) is 6.07 Å². The maximum atomic E-state index is 12.1. The first-order valence-corrected chi connectivity index (χ1v) is 6.23. The Hall–Kier alpha value is -1.05. The Labute approximate surface area is 114 Å². The van der Waals surface area contributed by atoms with E-state index >= 15 is 0 Å².